The molecular weight excluding hydrogens is 255 g/mol. The summed E-state index contributed by atoms with van der Waals surface area (Å²) in [5.41, 5.74) is 8.66. The summed E-state index contributed by atoms with van der Waals surface area (Å²) in [6.45, 7) is 6.06. The van der Waals surface area contributed by atoms with Gasteiger partial charge in [-0.25, -0.2) is 9.37 Å². The van der Waals surface area contributed by atoms with Crippen molar-refractivity contribution in [3.05, 3.63) is 53.2 Å². The standard InChI is InChI=1S/C15H19FN4/c1-9(2)20-14(12-5-4-11(16)8-19-12)13-10(3)6-7-18-15(13)17/h4-9,14,20H,1-3H3,(H2,17,18). The van der Waals surface area contributed by atoms with Crippen LogP contribution in [0.25, 0.3) is 0 Å². The Morgan fingerprint density at radius 1 is 1.20 bits per heavy atom. The monoisotopic (exact) mass is 274 g/mol. The zero-order valence-electron chi connectivity index (χ0n) is 11.9. The average molecular weight is 274 g/mol. The maximum absolute atomic E-state index is 13.1. The average Bonchev–Trinajstić information content (AvgIpc) is 2.38. The Labute approximate surface area is 118 Å². The van der Waals surface area contributed by atoms with E-state index in [4.69, 9.17) is 5.73 Å². The Bertz CT molecular complexity index is 561. The third kappa shape index (κ3) is 3.11. The van der Waals surface area contributed by atoms with E-state index in [9.17, 15) is 4.39 Å². The molecule has 0 amide bonds. The molecule has 2 aromatic rings. The van der Waals surface area contributed by atoms with E-state index in [0.29, 0.717) is 5.82 Å². The summed E-state index contributed by atoms with van der Waals surface area (Å²) in [7, 11) is 0. The van der Waals surface area contributed by atoms with Crippen molar-refractivity contribution in [3.63, 3.8) is 0 Å². The second-order valence-corrected chi connectivity index (χ2v) is 5.08. The first-order valence-electron chi connectivity index (χ1n) is 6.57. The quantitative estimate of drug-likeness (QED) is 0.899. The minimum absolute atomic E-state index is 0.204. The van der Waals surface area contributed by atoms with Gasteiger partial charge in [0.15, 0.2) is 0 Å². The molecule has 0 bridgehead atoms. The van der Waals surface area contributed by atoms with Crippen LogP contribution in [0.4, 0.5) is 10.2 Å². The lowest BCUT2D eigenvalue weighted by molar-refractivity contribution is 0.516. The first kappa shape index (κ1) is 14.4. The fourth-order valence-corrected chi connectivity index (χ4v) is 2.17. The van der Waals surface area contributed by atoms with Crippen LogP contribution in [0.3, 0.4) is 0 Å². The molecule has 0 aliphatic rings. The highest BCUT2D eigenvalue weighted by Crippen LogP contribution is 2.27. The lowest BCUT2D eigenvalue weighted by atomic mass is 9.98. The Kier molecular flexibility index (Phi) is 4.29. The normalized spacial score (nSPS) is 12.7. The van der Waals surface area contributed by atoms with Gasteiger partial charge in [-0.1, -0.05) is 0 Å². The number of nitrogens with one attached hydrogen (secondary N) is 1. The number of aromatic nitrogens is 2. The Balaban J connectivity index is 2.50. The van der Waals surface area contributed by atoms with Gasteiger partial charge in [0.05, 0.1) is 17.9 Å². The number of nitrogens with two attached hydrogens (primary N) is 1. The smallest absolute Gasteiger partial charge is 0.141 e. The minimum atomic E-state index is -0.354. The maximum atomic E-state index is 13.1. The van der Waals surface area contributed by atoms with Gasteiger partial charge in [-0.2, -0.15) is 0 Å². The molecule has 5 heteroatoms. The number of pyridine rings is 2. The molecule has 0 aliphatic carbocycles. The fraction of sp³-hybridized carbons (Fsp3) is 0.333. The van der Waals surface area contributed by atoms with E-state index in [1.54, 1.807) is 12.3 Å². The molecule has 20 heavy (non-hydrogen) atoms. The fourth-order valence-electron chi connectivity index (χ4n) is 2.17. The Morgan fingerprint density at radius 2 is 1.95 bits per heavy atom. The number of anilines is 1. The Hall–Kier alpha value is -2.01. The van der Waals surface area contributed by atoms with Crippen molar-refractivity contribution in [1.29, 1.82) is 0 Å². The van der Waals surface area contributed by atoms with Gasteiger partial charge < -0.3 is 11.1 Å². The number of hydrogen-bond acceptors (Lipinski definition) is 4. The molecular formula is C15H19FN4. The predicted octanol–water partition coefficient (Wildman–Crippen LogP) is 2.59. The molecule has 106 valence electrons. The van der Waals surface area contributed by atoms with Crippen LogP contribution < -0.4 is 11.1 Å². The van der Waals surface area contributed by atoms with E-state index < -0.39 is 0 Å². The van der Waals surface area contributed by atoms with Crippen molar-refractivity contribution in [2.75, 3.05) is 5.73 Å². The number of nitrogens with zero attached hydrogens (tertiary/aromatic N) is 2. The highest BCUT2D eigenvalue weighted by molar-refractivity contribution is 5.49. The molecule has 0 saturated carbocycles. The van der Waals surface area contributed by atoms with E-state index >= 15 is 0 Å². The van der Waals surface area contributed by atoms with Crippen LogP contribution in [0.1, 0.15) is 36.7 Å². The van der Waals surface area contributed by atoms with E-state index in [1.165, 1.54) is 12.3 Å². The SMILES string of the molecule is Cc1ccnc(N)c1C(NC(C)C)c1ccc(F)cn1. The molecule has 0 saturated heterocycles. The zero-order chi connectivity index (χ0) is 14.7. The summed E-state index contributed by atoms with van der Waals surface area (Å²) >= 11 is 0. The topological polar surface area (TPSA) is 63.8 Å². The van der Waals surface area contributed by atoms with Crippen LogP contribution in [0.15, 0.2) is 30.6 Å². The van der Waals surface area contributed by atoms with E-state index in [1.807, 2.05) is 26.8 Å². The molecule has 3 N–H and O–H groups in total. The van der Waals surface area contributed by atoms with Gasteiger partial charge in [-0.05, 0) is 44.5 Å². The highest BCUT2D eigenvalue weighted by atomic mass is 19.1. The van der Waals surface area contributed by atoms with Crippen molar-refractivity contribution in [2.45, 2.75) is 32.9 Å². The van der Waals surface area contributed by atoms with Crippen LogP contribution in [0.5, 0.6) is 0 Å². The molecule has 2 aromatic heterocycles. The Morgan fingerprint density at radius 3 is 2.50 bits per heavy atom. The molecule has 4 nitrogen and oxygen atoms in total. The lowest BCUT2D eigenvalue weighted by Crippen LogP contribution is -2.31. The van der Waals surface area contributed by atoms with Crippen LogP contribution in [0, 0.1) is 12.7 Å². The molecule has 0 spiro atoms. The summed E-state index contributed by atoms with van der Waals surface area (Å²) in [4.78, 5) is 8.32. The van der Waals surface area contributed by atoms with Crippen molar-refractivity contribution in [1.82, 2.24) is 15.3 Å². The number of rotatable bonds is 4. The molecule has 0 aliphatic heterocycles. The van der Waals surface area contributed by atoms with Crippen LogP contribution >= 0.6 is 0 Å². The molecule has 2 rings (SSSR count). The number of hydrogen-bond donors (Lipinski definition) is 2. The summed E-state index contributed by atoms with van der Waals surface area (Å²) < 4.78 is 13.1. The van der Waals surface area contributed by atoms with E-state index in [-0.39, 0.29) is 17.9 Å². The van der Waals surface area contributed by atoms with Gasteiger partial charge in [0.2, 0.25) is 0 Å². The van der Waals surface area contributed by atoms with Gasteiger partial charge in [0.1, 0.15) is 11.6 Å². The first-order valence-corrected chi connectivity index (χ1v) is 6.57. The van der Waals surface area contributed by atoms with Crippen molar-refractivity contribution in [2.24, 2.45) is 0 Å². The molecule has 1 unspecified atom stereocenters. The second kappa shape index (κ2) is 5.96. The number of aryl methyl sites for hydroxylation is 1. The molecule has 0 aromatic carbocycles. The van der Waals surface area contributed by atoms with Crippen molar-refractivity contribution < 1.29 is 4.39 Å². The van der Waals surface area contributed by atoms with Gasteiger partial charge in [0, 0.05) is 17.8 Å². The maximum Gasteiger partial charge on any atom is 0.141 e. The summed E-state index contributed by atoms with van der Waals surface area (Å²) in [5.74, 6) is 0.113. The van der Waals surface area contributed by atoms with Gasteiger partial charge in [0.25, 0.3) is 0 Å². The van der Waals surface area contributed by atoms with Gasteiger partial charge in [-0.3, -0.25) is 4.98 Å². The van der Waals surface area contributed by atoms with E-state index in [0.717, 1.165) is 16.8 Å². The third-order valence-electron chi connectivity index (χ3n) is 3.07. The third-order valence-corrected chi connectivity index (χ3v) is 3.07. The van der Waals surface area contributed by atoms with Gasteiger partial charge in [-0.15, -0.1) is 0 Å². The van der Waals surface area contributed by atoms with Crippen LogP contribution in [0.2, 0.25) is 0 Å². The molecule has 1 atom stereocenters. The van der Waals surface area contributed by atoms with Crippen molar-refractivity contribution >= 4 is 5.82 Å². The number of nitrogen functional groups attached to an aromatic ring is 1. The molecule has 0 radical (unpaired) electrons. The molecule has 0 fully saturated rings. The van der Waals surface area contributed by atoms with Crippen molar-refractivity contribution in [3.8, 4) is 0 Å². The van der Waals surface area contributed by atoms with Crippen LogP contribution in [-0.2, 0) is 0 Å². The predicted molar refractivity (Wildman–Crippen MR) is 77.7 cm³/mol. The minimum Gasteiger partial charge on any atom is -0.383 e. The largest absolute Gasteiger partial charge is 0.383 e. The zero-order valence-corrected chi connectivity index (χ0v) is 11.9. The lowest BCUT2D eigenvalue weighted by Gasteiger charge is -2.23. The first-order chi connectivity index (χ1) is 9.49. The summed E-state index contributed by atoms with van der Waals surface area (Å²) in [6.07, 6.45) is 2.89. The summed E-state index contributed by atoms with van der Waals surface area (Å²) in [6, 6.07) is 5.00. The van der Waals surface area contributed by atoms with E-state index in [2.05, 4.69) is 15.3 Å². The number of halogens is 1. The second-order valence-electron chi connectivity index (χ2n) is 5.08. The summed E-state index contributed by atoms with van der Waals surface area (Å²) in [5, 5.41) is 3.41. The van der Waals surface area contributed by atoms with Crippen LogP contribution in [-0.4, -0.2) is 16.0 Å². The van der Waals surface area contributed by atoms with Gasteiger partial charge >= 0.3 is 0 Å². The highest BCUT2D eigenvalue weighted by Gasteiger charge is 2.21. The molecule has 2 heterocycles.